The lowest BCUT2D eigenvalue weighted by molar-refractivity contribution is 0.176. The van der Waals surface area contributed by atoms with Crippen molar-refractivity contribution < 1.29 is 9.84 Å². The molecule has 0 bridgehead atoms. The molecule has 0 saturated heterocycles. The van der Waals surface area contributed by atoms with E-state index >= 15 is 0 Å². The summed E-state index contributed by atoms with van der Waals surface area (Å²) in [5, 5.41) is 12.9. The molecule has 94 valence electrons. The van der Waals surface area contributed by atoms with Crippen LogP contribution in [0, 0.1) is 5.92 Å². The first-order valence-corrected chi connectivity index (χ1v) is 6.75. The van der Waals surface area contributed by atoms with Crippen LogP contribution < -0.4 is 10.1 Å². The minimum atomic E-state index is -0.515. The molecule has 1 atom stereocenters. The summed E-state index contributed by atoms with van der Waals surface area (Å²) < 4.78 is 6.62. The van der Waals surface area contributed by atoms with Crippen LogP contribution in [0.4, 0.5) is 0 Å². The summed E-state index contributed by atoms with van der Waals surface area (Å²) in [5.74, 6) is 1.55. The van der Waals surface area contributed by atoms with Gasteiger partial charge in [-0.1, -0.05) is 12.1 Å². The van der Waals surface area contributed by atoms with Gasteiger partial charge in [0.25, 0.3) is 0 Å². The molecular formula is C13H18BrNO2. The van der Waals surface area contributed by atoms with E-state index in [1.165, 1.54) is 12.8 Å². The topological polar surface area (TPSA) is 41.5 Å². The van der Waals surface area contributed by atoms with Gasteiger partial charge < -0.3 is 15.2 Å². The smallest absolute Gasteiger partial charge is 0.133 e. The molecular weight excluding hydrogens is 282 g/mol. The Morgan fingerprint density at radius 2 is 2.29 bits per heavy atom. The van der Waals surface area contributed by atoms with Gasteiger partial charge in [0.1, 0.15) is 5.75 Å². The standard InChI is InChI=1S/C13H18BrNO2/c1-15-7-11(16)10-3-2-4-12(13(10)14)17-8-9-5-6-9/h2-4,9,11,15-16H,5-8H2,1H3. The van der Waals surface area contributed by atoms with Gasteiger partial charge in [0.2, 0.25) is 0 Å². The van der Waals surface area contributed by atoms with E-state index in [4.69, 9.17) is 4.74 Å². The summed E-state index contributed by atoms with van der Waals surface area (Å²) >= 11 is 3.51. The molecule has 2 N–H and O–H groups in total. The summed E-state index contributed by atoms with van der Waals surface area (Å²) in [5.41, 5.74) is 0.868. The van der Waals surface area contributed by atoms with Crippen LogP contribution in [-0.2, 0) is 0 Å². The van der Waals surface area contributed by atoms with Crippen LogP contribution >= 0.6 is 15.9 Å². The van der Waals surface area contributed by atoms with E-state index in [9.17, 15) is 5.11 Å². The van der Waals surface area contributed by atoms with E-state index in [1.54, 1.807) is 0 Å². The summed E-state index contributed by atoms with van der Waals surface area (Å²) in [7, 11) is 1.82. The van der Waals surface area contributed by atoms with Gasteiger partial charge >= 0.3 is 0 Å². The number of aliphatic hydroxyl groups excluding tert-OH is 1. The maximum absolute atomic E-state index is 9.97. The maximum Gasteiger partial charge on any atom is 0.133 e. The molecule has 2 rings (SSSR count). The highest BCUT2D eigenvalue weighted by Gasteiger charge is 2.22. The summed E-state index contributed by atoms with van der Waals surface area (Å²) in [6.07, 6.45) is 2.04. The second kappa shape index (κ2) is 5.85. The number of nitrogens with one attached hydrogen (secondary N) is 1. The second-order valence-electron chi connectivity index (χ2n) is 4.49. The van der Waals surface area contributed by atoms with E-state index in [0.29, 0.717) is 6.54 Å². The van der Waals surface area contributed by atoms with Gasteiger partial charge in [-0.2, -0.15) is 0 Å². The molecule has 17 heavy (non-hydrogen) atoms. The molecule has 0 heterocycles. The average Bonchev–Trinajstić information content (AvgIpc) is 3.12. The van der Waals surface area contributed by atoms with Gasteiger partial charge in [0, 0.05) is 6.54 Å². The van der Waals surface area contributed by atoms with Crippen LogP contribution in [0.1, 0.15) is 24.5 Å². The first-order chi connectivity index (χ1) is 8.22. The monoisotopic (exact) mass is 299 g/mol. The van der Waals surface area contributed by atoms with Crippen molar-refractivity contribution in [2.45, 2.75) is 18.9 Å². The van der Waals surface area contributed by atoms with Gasteiger partial charge in [0.15, 0.2) is 0 Å². The third kappa shape index (κ3) is 3.44. The molecule has 0 radical (unpaired) electrons. The Labute approximate surface area is 110 Å². The van der Waals surface area contributed by atoms with Crippen LogP contribution in [0.5, 0.6) is 5.75 Å². The molecule has 1 saturated carbocycles. The Balaban J connectivity index is 2.07. The first-order valence-electron chi connectivity index (χ1n) is 5.96. The lowest BCUT2D eigenvalue weighted by Gasteiger charge is -2.15. The molecule has 0 aromatic heterocycles. The van der Waals surface area contributed by atoms with Crippen molar-refractivity contribution in [3.63, 3.8) is 0 Å². The van der Waals surface area contributed by atoms with Gasteiger partial charge in [0.05, 0.1) is 17.2 Å². The van der Waals surface area contributed by atoms with Crippen molar-refractivity contribution in [1.29, 1.82) is 0 Å². The lowest BCUT2D eigenvalue weighted by Crippen LogP contribution is -2.17. The van der Waals surface area contributed by atoms with Crippen LogP contribution in [0.15, 0.2) is 22.7 Å². The third-order valence-corrected chi connectivity index (χ3v) is 3.77. The SMILES string of the molecule is CNCC(O)c1cccc(OCC2CC2)c1Br. The third-order valence-electron chi connectivity index (χ3n) is 2.92. The zero-order chi connectivity index (χ0) is 12.3. The molecule has 1 unspecified atom stereocenters. The Bertz CT molecular complexity index is 380. The molecule has 1 aliphatic rings. The van der Waals surface area contributed by atoms with Crippen molar-refractivity contribution in [3.05, 3.63) is 28.2 Å². The number of rotatable bonds is 6. The fraction of sp³-hybridized carbons (Fsp3) is 0.538. The van der Waals surface area contributed by atoms with Crippen molar-refractivity contribution in [1.82, 2.24) is 5.32 Å². The fourth-order valence-corrected chi connectivity index (χ4v) is 2.34. The van der Waals surface area contributed by atoms with Crippen LogP contribution in [0.2, 0.25) is 0 Å². The minimum absolute atomic E-state index is 0.515. The fourth-order valence-electron chi connectivity index (χ4n) is 1.69. The van der Waals surface area contributed by atoms with Gasteiger partial charge in [-0.05, 0) is 53.4 Å². The number of ether oxygens (including phenoxy) is 1. The number of hydrogen-bond acceptors (Lipinski definition) is 3. The normalized spacial score (nSPS) is 16.9. The van der Waals surface area contributed by atoms with E-state index in [0.717, 1.165) is 28.3 Å². The van der Waals surface area contributed by atoms with Crippen molar-refractivity contribution in [2.75, 3.05) is 20.2 Å². The van der Waals surface area contributed by atoms with Crippen LogP contribution in [0.25, 0.3) is 0 Å². The quantitative estimate of drug-likeness (QED) is 0.848. The average molecular weight is 300 g/mol. The van der Waals surface area contributed by atoms with Crippen LogP contribution in [0.3, 0.4) is 0 Å². The highest BCUT2D eigenvalue weighted by molar-refractivity contribution is 9.10. The van der Waals surface area contributed by atoms with Gasteiger partial charge in [-0.25, -0.2) is 0 Å². The first kappa shape index (κ1) is 12.9. The highest BCUT2D eigenvalue weighted by Crippen LogP contribution is 2.35. The number of halogens is 1. The number of benzene rings is 1. The molecule has 1 fully saturated rings. The number of aliphatic hydroxyl groups is 1. The van der Waals surface area contributed by atoms with Crippen molar-refractivity contribution in [2.24, 2.45) is 5.92 Å². The molecule has 0 spiro atoms. The number of likely N-dealkylation sites (N-methyl/N-ethyl adjacent to an activating group) is 1. The predicted octanol–water partition coefficient (Wildman–Crippen LogP) is 2.49. The van der Waals surface area contributed by atoms with Gasteiger partial charge in [-0.3, -0.25) is 0 Å². The Kier molecular flexibility index (Phi) is 4.42. The second-order valence-corrected chi connectivity index (χ2v) is 5.28. The highest BCUT2D eigenvalue weighted by atomic mass is 79.9. The summed E-state index contributed by atoms with van der Waals surface area (Å²) in [6.45, 7) is 1.31. The molecule has 1 aliphatic carbocycles. The van der Waals surface area contributed by atoms with E-state index < -0.39 is 6.10 Å². The molecule has 1 aromatic carbocycles. The maximum atomic E-state index is 9.97. The molecule has 4 heteroatoms. The largest absolute Gasteiger partial charge is 0.492 e. The predicted molar refractivity (Wildman–Crippen MR) is 71.2 cm³/mol. The Morgan fingerprint density at radius 1 is 1.53 bits per heavy atom. The Morgan fingerprint density at radius 3 is 2.94 bits per heavy atom. The minimum Gasteiger partial charge on any atom is -0.492 e. The molecule has 3 nitrogen and oxygen atoms in total. The number of hydrogen-bond donors (Lipinski definition) is 2. The molecule has 0 amide bonds. The zero-order valence-electron chi connectivity index (χ0n) is 9.95. The van der Waals surface area contributed by atoms with Gasteiger partial charge in [-0.15, -0.1) is 0 Å². The molecule has 0 aliphatic heterocycles. The van der Waals surface area contributed by atoms with Crippen molar-refractivity contribution >= 4 is 15.9 Å². The summed E-state index contributed by atoms with van der Waals surface area (Å²) in [4.78, 5) is 0. The van der Waals surface area contributed by atoms with Crippen molar-refractivity contribution in [3.8, 4) is 5.75 Å². The Hall–Kier alpha value is -0.580. The van der Waals surface area contributed by atoms with Crippen LogP contribution in [-0.4, -0.2) is 25.3 Å². The summed E-state index contributed by atoms with van der Waals surface area (Å²) in [6, 6.07) is 5.76. The van der Waals surface area contributed by atoms with E-state index in [1.807, 2.05) is 25.2 Å². The zero-order valence-corrected chi connectivity index (χ0v) is 11.5. The van der Waals surface area contributed by atoms with E-state index in [2.05, 4.69) is 21.2 Å². The van der Waals surface area contributed by atoms with E-state index in [-0.39, 0.29) is 0 Å². The lowest BCUT2D eigenvalue weighted by atomic mass is 10.1. The molecule has 1 aromatic rings.